The summed E-state index contributed by atoms with van der Waals surface area (Å²) in [7, 11) is 0. The molecule has 0 saturated heterocycles. The van der Waals surface area contributed by atoms with Gasteiger partial charge in [-0.15, -0.1) is 0 Å². The third-order valence-electron chi connectivity index (χ3n) is 3.74. The predicted octanol–water partition coefficient (Wildman–Crippen LogP) is 4.07. The molecule has 1 aliphatic carbocycles. The van der Waals surface area contributed by atoms with E-state index in [4.69, 9.17) is 0 Å². The molecule has 1 unspecified atom stereocenters. The highest BCUT2D eigenvalue weighted by molar-refractivity contribution is 5.81. The van der Waals surface area contributed by atoms with Crippen LogP contribution in [-0.2, 0) is 9.59 Å². The average molecular weight is 238 g/mol. The molecule has 0 radical (unpaired) electrons. The van der Waals surface area contributed by atoms with Crippen LogP contribution in [0.1, 0.15) is 77.6 Å². The van der Waals surface area contributed by atoms with Crippen LogP contribution >= 0.6 is 0 Å². The summed E-state index contributed by atoms with van der Waals surface area (Å²) < 4.78 is 0. The minimum absolute atomic E-state index is 0.391. The highest BCUT2D eigenvalue weighted by Gasteiger charge is 2.22. The number of hydrogen-bond acceptors (Lipinski definition) is 2. The molecular formula is C15H26O2. The number of rotatable bonds is 9. The molecule has 0 amide bonds. The summed E-state index contributed by atoms with van der Waals surface area (Å²) in [5.41, 5.74) is 0. The van der Waals surface area contributed by atoms with Gasteiger partial charge >= 0.3 is 0 Å². The zero-order valence-electron chi connectivity index (χ0n) is 11.2. The third-order valence-corrected chi connectivity index (χ3v) is 3.74. The molecule has 1 saturated carbocycles. The lowest BCUT2D eigenvalue weighted by Gasteiger charge is -2.06. The molecule has 1 atom stereocenters. The van der Waals surface area contributed by atoms with Gasteiger partial charge in [0.05, 0.1) is 0 Å². The lowest BCUT2D eigenvalue weighted by atomic mass is 9.98. The largest absolute Gasteiger partial charge is 0.300 e. The van der Waals surface area contributed by atoms with Gasteiger partial charge in [-0.3, -0.25) is 9.59 Å². The molecule has 1 aliphatic rings. The van der Waals surface area contributed by atoms with E-state index in [0.717, 1.165) is 38.5 Å². The molecule has 2 heteroatoms. The Morgan fingerprint density at radius 3 is 2.59 bits per heavy atom. The monoisotopic (exact) mass is 238 g/mol. The van der Waals surface area contributed by atoms with Crippen molar-refractivity contribution in [3.8, 4) is 0 Å². The van der Waals surface area contributed by atoms with Crippen LogP contribution in [0.3, 0.4) is 0 Å². The molecule has 0 spiro atoms. The van der Waals surface area contributed by atoms with E-state index in [1.165, 1.54) is 25.7 Å². The fourth-order valence-corrected chi connectivity index (χ4v) is 2.55. The Morgan fingerprint density at radius 1 is 1.18 bits per heavy atom. The summed E-state index contributed by atoms with van der Waals surface area (Å²) in [6, 6.07) is 0. The van der Waals surface area contributed by atoms with Crippen LogP contribution in [0.2, 0.25) is 0 Å². The van der Waals surface area contributed by atoms with Gasteiger partial charge in [-0.05, 0) is 25.2 Å². The predicted molar refractivity (Wildman–Crippen MR) is 70.0 cm³/mol. The van der Waals surface area contributed by atoms with Gasteiger partial charge in [0.2, 0.25) is 0 Å². The Kier molecular flexibility index (Phi) is 7.14. The normalized spacial score (nSPS) is 19.8. The van der Waals surface area contributed by atoms with Crippen molar-refractivity contribution in [3.63, 3.8) is 0 Å². The summed E-state index contributed by atoms with van der Waals surface area (Å²) in [5, 5.41) is 0. The minimum atomic E-state index is 0.391. The van der Waals surface area contributed by atoms with Crippen molar-refractivity contribution < 1.29 is 9.59 Å². The first-order valence-corrected chi connectivity index (χ1v) is 7.25. The Balaban J connectivity index is 1.96. The fraction of sp³-hybridized carbons (Fsp3) is 0.867. The quantitative estimate of drug-likeness (QED) is 0.567. The number of unbranched alkanes of at least 4 members (excludes halogenated alkanes) is 4. The zero-order valence-corrected chi connectivity index (χ0v) is 11.2. The summed E-state index contributed by atoms with van der Waals surface area (Å²) in [4.78, 5) is 22.7. The molecule has 98 valence electrons. The standard InChI is InChI=1S/C15H26O2/c1-2-3-4-5-6-7-14(16)10-8-13-9-11-15(17)12-13/h13H,2-12H2,1H3. The van der Waals surface area contributed by atoms with E-state index in [9.17, 15) is 9.59 Å². The number of Topliss-reactive ketones (excluding diaryl/α,β-unsaturated/α-hetero) is 2. The maximum absolute atomic E-state index is 11.6. The van der Waals surface area contributed by atoms with Crippen molar-refractivity contribution >= 4 is 11.6 Å². The van der Waals surface area contributed by atoms with Crippen LogP contribution in [0.25, 0.3) is 0 Å². The van der Waals surface area contributed by atoms with Gasteiger partial charge in [-0.25, -0.2) is 0 Å². The van der Waals surface area contributed by atoms with Gasteiger partial charge in [-0.2, -0.15) is 0 Å². The average Bonchev–Trinajstić information content (AvgIpc) is 2.72. The first-order valence-electron chi connectivity index (χ1n) is 7.25. The Morgan fingerprint density at radius 2 is 1.94 bits per heavy atom. The molecule has 0 aromatic heterocycles. The highest BCUT2D eigenvalue weighted by atomic mass is 16.1. The van der Waals surface area contributed by atoms with E-state index < -0.39 is 0 Å². The molecule has 0 aromatic rings. The smallest absolute Gasteiger partial charge is 0.133 e. The SMILES string of the molecule is CCCCCCCC(=O)CCC1CCC(=O)C1. The zero-order chi connectivity index (χ0) is 12.5. The van der Waals surface area contributed by atoms with Crippen molar-refractivity contribution in [1.82, 2.24) is 0 Å². The van der Waals surface area contributed by atoms with Gasteiger partial charge in [0.1, 0.15) is 11.6 Å². The van der Waals surface area contributed by atoms with Crippen LogP contribution < -0.4 is 0 Å². The van der Waals surface area contributed by atoms with E-state index in [1.807, 2.05) is 0 Å². The molecule has 0 aliphatic heterocycles. The second-order valence-corrected chi connectivity index (χ2v) is 5.39. The molecule has 0 heterocycles. The molecule has 2 nitrogen and oxygen atoms in total. The molecular weight excluding hydrogens is 212 g/mol. The lowest BCUT2D eigenvalue weighted by Crippen LogP contribution is -2.03. The maximum Gasteiger partial charge on any atom is 0.133 e. The summed E-state index contributed by atoms with van der Waals surface area (Å²) >= 11 is 0. The van der Waals surface area contributed by atoms with Gasteiger partial charge < -0.3 is 0 Å². The first kappa shape index (κ1) is 14.4. The van der Waals surface area contributed by atoms with Gasteiger partial charge in [0, 0.05) is 25.7 Å². The van der Waals surface area contributed by atoms with Crippen molar-refractivity contribution in [2.45, 2.75) is 77.6 Å². The van der Waals surface area contributed by atoms with E-state index in [1.54, 1.807) is 0 Å². The van der Waals surface area contributed by atoms with Crippen molar-refractivity contribution in [1.29, 1.82) is 0 Å². The van der Waals surface area contributed by atoms with Crippen LogP contribution in [0.5, 0.6) is 0 Å². The maximum atomic E-state index is 11.6. The molecule has 0 N–H and O–H groups in total. The first-order chi connectivity index (χ1) is 8.22. The Labute approximate surface area is 105 Å². The minimum Gasteiger partial charge on any atom is -0.300 e. The Bertz CT molecular complexity index is 245. The van der Waals surface area contributed by atoms with Gasteiger partial charge in [-0.1, -0.05) is 32.6 Å². The molecule has 1 fully saturated rings. The van der Waals surface area contributed by atoms with Crippen LogP contribution in [-0.4, -0.2) is 11.6 Å². The molecule has 0 aromatic carbocycles. The van der Waals surface area contributed by atoms with Crippen molar-refractivity contribution in [2.75, 3.05) is 0 Å². The van der Waals surface area contributed by atoms with Gasteiger partial charge in [0.25, 0.3) is 0 Å². The van der Waals surface area contributed by atoms with E-state index in [0.29, 0.717) is 23.9 Å². The van der Waals surface area contributed by atoms with Crippen molar-refractivity contribution in [2.24, 2.45) is 5.92 Å². The third kappa shape index (κ3) is 6.60. The second-order valence-electron chi connectivity index (χ2n) is 5.39. The van der Waals surface area contributed by atoms with E-state index in [2.05, 4.69) is 6.92 Å². The van der Waals surface area contributed by atoms with Crippen LogP contribution in [0.15, 0.2) is 0 Å². The topological polar surface area (TPSA) is 34.1 Å². The van der Waals surface area contributed by atoms with Gasteiger partial charge in [0.15, 0.2) is 0 Å². The van der Waals surface area contributed by atoms with Crippen molar-refractivity contribution in [3.05, 3.63) is 0 Å². The van der Waals surface area contributed by atoms with E-state index >= 15 is 0 Å². The lowest BCUT2D eigenvalue weighted by molar-refractivity contribution is -0.120. The number of carbonyl (C=O) groups is 2. The Hall–Kier alpha value is -0.660. The summed E-state index contributed by atoms with van der Waals surface area (Å²) in [6.07, 6.45) is 10.9. The molecule has 0 bridgehead atoms. The molecule has 17 heavy (non-hydrogen) atoms. The second kappa shape index (κ2) is 8.43. The fourth-order valence-electron chi connectivity index (χ4n) is 2.55. The van der Waals surface area contributed by atoms with E-state index in [-0.39, 0.29) is 0 Å². The number of carbonyl (C=O) groups excluding carboxylic acids is 2. The highest BCUT2D eigenvalue weighted by Crippen LogP contribution is 2.26. The summed E-state index contributed by atoms with van der Waals surface area (Å²) in [6.45, 7) is 2.20. The number of ketones is 2. The molecule has 1 rings (SSSR count). The van der Waals surface area contributed by atoms with Crippen LogP contribution in [0.4, 0.5) is 0 Å². The number of hydrogen-bond donors (Lipinski definition) is 0. The van der Waals surface area contributed by atoms with Crippen LogP contribution in [0, 0.1) is 5.92 Å². The summed E-state index contributed by atoms with van der Waals surface area (Å²) in [5.74, 6) is 1.30.